The zero-order chi connectivity index (χ0) is 12.7. The summed E-state index contributed by atoms with van der Waals surface area (Å²) in [7, 11) is 0. The Morgan fingerprint density at radius 1 is 1.44 bits per heavy atom. The minimum atomic E-state index is -0.484. The standard InChI is InChI=1S/C14H14N2O2/c1-9(17)11-7-15-16(8-11)14-12-5-3-2-4-10(12)6-13(14)18/h2-5,7-8,13-14,18H,6H2,1H3. The number of aromatic nitrogens is 2. The molecule has 1 heterocycles. The molecule has 1 aliphatic rings. The van der Waals surface area contributed by atoms with Gasteiger partial charge in [-0.2, -0.15) is 5.10 Å². The minimum absolute atomic E-state index is 0.0120. The average Bonchev–Trinajstić information content (AvgIpc) is 2.91. The molecule has 2 aromatic rings. The van der Waals surface area contributed by atoms with E-state index >= 15 is 0 Å². The van der Waals surface area contributed by atoms with Crippen LogP contribution in [0.4, 0.5) is 0 Å². The van der Waals surface area contributed by atoms with Crippen LogP contribution in [0.2, 0.25) is 0 Å². The summed E-state index contributed by atoms with van der Waals surface area (Å²) < 4.78 is 1.69. The Morgan fingerprint density at radius 2 is 2.22 bits per heavy atom. The highest BCUT2D eigenvalue weighted by Crippen LogP contribution is 2.34. The fourth-order valence-electron chi connectivity index (χ4n) is 2.54. The Labute approximate surface area is 105 Å². The van der Waals surface area contributed by atoms with E-state index in [1.807, 2.05) is 24.3 Å². The Balaban J connectivity index is 2.03. The van der Waals surface area contributed by atoms with Crippen LogP contribution in [0.5, 0.6) is 0 Å². The van der Waals surface area contributed by atoms with Crippen LogP contribution in [0.3, 0.4) is 0 Å². The topological polar surface area (TPSA) is 55.1 Å². The van der Waals surface area contributed by atoms with Gasteiger partial charge in [-0.15, -0.1) is 0 Å². The fourth-order valence-corrected chi connectivity index (χ4v) is 2.54. The number of Topliss-reactive ketones (excluding diaryl/α,β-unsaturated/α-hetero) is 1. The SMILES string of the molecule is CC(=O)c1cnn(C2c3ccccc3CC2O)c1. The summed E-state index contributed by atoms with van der Waals surface area (Å²) >= 11 is 0. The van der Waals surface area contributed by atoms with Gasteiger partial charge in [-0.1, -0.05) is 24.3 Å². The number of carbonyl (C=O) groups excluding carboxylic acids is 1. The summed E-state index contributed by atoms with van der Waals surface area (Å²) in [6.45, 7) is 1.51. The molecule has 4 nitrogen and oxygen atoms in total. The first-order chi connectivity index (χ1) is 8.66. The molecule has 2 atom stereocenters. The van der Waals surface area contributed by atoms with Crippen LogP contribution in [0.1, 0.15) is 34.5 Å². The Bertz CT molecular complexity index is 603. The molecule has 3 rings (SSSR count). The second kappa shape index (κ2) is 4.07. The van der Waals surface area contributed by atoms with Gasteiger partial charge >= 0.3 is 0 Å². The van der Waals surface area contributed by atoms with Gasteiger partial charge in [0.2, 0.25) is 0 Å². The quantitative estimate of drug-likeness (QED) is 0.814. The van der Waals surface area contributed by atoms with Gasteiger partial charge in [0.1, 0.15) is 6.04 Å². The fraction of sp³-hybridized carbons (Fsp3) is 0.286. The van der Waals surface area contributed by atoms with Crippen molar-refractivity contribution >= 4 is 5.78 Å². The summed E-state index contributed by atoms with van der Waals surface area (Å²) in [6, 6.07) is 7.77. The van der Waals surface area contributed by atoms with Crippen LogP contribution in [0.25, 0.3) is 0 Å². The summed E-state index contributed by atoms with van der Waals surface area (Å²) in [5, 5.41) is 14.4. The predicted molar refractivity (Wildman–Crippen MR) is 66.5 cm³/mol. The zero-order valence-corrected chi connectivity index (χ0v) is 10.1. The average molecular weight is 242 g/mol. The van der Waals surface area contributed by atoms with Crippen LogP contribution >= 0.6 is 0 Å². The number of aliphatic hydroxyl groups is 1. The monoisotopic (exact) mass is 242 g/mol. The van der Waals surface area contributed by atoms with E-state index in [4.69, 9.17) is 0 Å². The molecule has 2 unspecified atom stereocenters. The largest absolute Gasteiger partial charge is 0.390 e. The summed E-state index contributed by atoms with van der Waals surface area (Å²) in [6.07, 6.45) is 3.41. The minimum Gasteiger partial charge on any atom is -0.390 e. The van der Waals surface area contributed by atoms with Crippen LogP contribution in [0, 0.1) is 0 Å². The molecular weight excluding hydrogens is 228 g/mol. The summed E-state index contributed by atoms with van der Waals surface area (Å²) in [4.78, 5) is 11.3. The van der Waals surface area contributed by atoms with Crippen molar-refractivity contribution in [3.63, 3.8) is 0 Å². The Morgan fingerprint density at radius 3 is 2.94 bits per heavy atom. The van der Waals surface area contributed by atoms with Gasteiger partial charge in [-0.3, -0.25) is 9.48 Å². The van der Waals surface area contributed by atoms with E-state index in [-0.39, 0.29) is 11.8 Å². The van der Waals surface area contributed by atoms with Crippen molar-refractivity contribution in [3.8, 4) is 0 Å². The van der Waals surface area contributed by atoms with Crippen molar-refractivity contribution in [2.75, 3.05) is 0 Å². The summed E-state index contributed by atoms with van der Waals surface area (Å²) in [5.74, 6) is -0.0120. The lowest BCUT2D eigenvalue weighted by atomic mass is 10.1. The molecule has 0 amide bonds. The van der Waals surface area contributed by atoms with Gasteiger partial charge in [0, 0.05) is 12.6 Å². The first-order valence-electron chi connectivity index (χ1n) is 5.98. The van der Waals surface area contributed by atoms with Gasteiger partial charge < -0.3 is 5.11 Å². The molecule has 1 N–H and O–H groups in total. The molecule has 0 radical (unpaired) electrons. The van der Waals surface area contributed by atoms with Crippen LogP contribution in [-0.4, -0.2) is 26.8 Å². The van der Waals surface area contributed by atoms with Gasteiger partial charge in [0.05, 0.1) is 17.9 Å². The second-order valence-corrected chi connectivity index (χ2v) is 4.68. The van der Waals surface area contributed by atoms with Crippen LogP contribution in [-0.2, 0) is 6.42 Å². The van der Waals surface area contributed by atoms with E-state index < -0.39 is 6.10 Å². The number of fused-ring (bicyclic) bond motifs is 1. The number of rotatable bonds is 2. The van der Waals surface area contributed by atoms with Crippen molar-refractivity contribution in [2.45, 2.75) is 25.5 Å². The Kier molecular flexibility index (Phi) is 2.52. The maximum Gasteiger partial charge on any atom is 0.162 e. The van der Waals surface area contributed by atoms with Crippen molar-refractivity contribution in [3.05, 3.63) is 53.3 Å². The molecule has 0 fully saturated rings. The number of hydrogen-bond acceptors (Lipinski definition) is 3. The van der Waals surface area contributed by atoms with Crippen molar-refractivity contribution in [1.82, 2.24) is 9.78 Å². The third-order valence-corrected chi connectivity index (χ3v) is 3.46. The maximum absolute atomic E-state index is 11.3. The molecule has 1 aliphatic carbocycles. The van der Waals surface area contributed by atoms with E-state index in [1.165, 1.54) is 6.92 Å². The lowest BCUT2D eigenvalue weighted by molar-refractivity contribution is 0.101. The number of benzene rings is 1. The first-order valence-corrected chi connectivity index (χ1v) is 5.98. The van der Waals surface area contributed by atoms with Gasteiger partial charge in [0.25, 0.3) is 0 Å². The number of aliphatic hydroxyl groups excluding tert-OH is 1. The third-order valence-electron chi connectivity index (χ3n) is 3.46. The number of hydrogen-bond donors (Lipinski definition) is 1. The second-order valence-electron chi connectivity index (χ2n) is 4.68. The molecule has 0 spiro atoms. The highest BCUT2D eigenvalue weighted by Gasteiger charge is 2.32. The summed E-state index contributed by atoms with van der Waals surface area (Å²) in [5.41, 5.74) is 2.81. The lowest BCUT2D eigenvalue weighted by Crippen LogP contribution is -2.21. The van der Waals surface area contributed by atoms with Gasteiger partial charge in [-0.05, 0) is 18.1 Å². The highest BCUT2D eigenvalue weighted by molar-refractivity contribution is 5.93. The number of ketones is 1. The van der Waals surface area contributed by atoms with E-state index in [1.54, 1.807) is 17.1 Å². The van der Waals surface area contributed by atoms with E-state index in [0.717, 1.165) is 11.1 Å². The molecule has 0 saturated heterocycles. The molecule has 92 valence electrons. The molecule has 18 heavy (non-hydrogen) atoms. The third kappa shape index (κ3) is 1.66. The normalized spacial score (nSPS) is 21.9. The van der Waals surface area contributed by atoms with Crippen molar-refractivity contribution in [2.24, 2.45) is 0 Å². The smallest absolute Gasteiger partial charge is 0.162 e. The van der Waals surface area contributed by atoms with E-state index in [0.29, 0.717) is 12.0 Å². The predicted octanol–water partition coefficient (Wildman–Crippen LogP) is 1.59. The highest BCUT2D eigenvalue weighted by atomic mass is 16.3. The first kappa shape index (κ1) is 11.2. The van der Waals surface area contributed by atoms with Crippen molar-refractivity contribution < 1.29 is 9.90 Å². The molecule has 4 heteroatoms. The lowest BCUT2D eigenvalue weighted by Gasteiger charge is -2.16. The maximum atomic E-state index is 11.3. The molecule has 0 aliphatic heterocycles. The van der Waals surface area contributed by atoms with E-state index in [2.05, 4.69) is 5.10 Å². The number of nitrogens with zero attached hydrogens (tertiary/aromatic N) is 2. The molecule has 0 saturated carbocycles. The Hall–Kier alpha value is -1.94. The zero-order valence-electron chi connectivity index (χ0n) is 10.1. The van der Waals surface area contributed by atoms with Crippen molar-refractivity contribution in [1.29, 1.82) is 0 Å². The molecule has 1 aromatic heterocycles. The number of carbonyl (C=O) groups is 1. The van der Waals surface area contributed by atoms with E-state index in [9.17, 15) is 9.90 Å². The molecular formula is C14H14N2O2. The molecule has 1 aromatic carbocycles. The van der Waals surface area contributed by atoms with Gasteiger partial charge in [0.15, 0.2) is 5.78 Å². The van der Waals surface area contributed by atoms with Crippen LogP contribution in [0.15, 0.2) is 36.7 Å². The molecule has 0 bridgehead atoms. The van der Waals surface area contributed by atoms with Crippen LogP contribution < -0.4 is 0 Å². The van der Waals surface area contributed by atoms with Gasteiger partial charge in [-0.25, -0.2) is 0 Å².